The van der Waals surface area contributed by atoms with E-state index in [1.54, 1.807) is 13.8 Å². The molecule has 0 radical (unpaired) electrons. The maximum Gasteiger partial charge on any atom is 0.406 e. The first-order chi connectivity index (χ1) is 8.79. The predicted octanol–water partition coefficient (Wildman–Crippen LogP) is 2.71. The Bertz CT molecular complexity index is 286. The Kier molecular flexibility index (Phi) is 6.10. The first-order valence-corrected chi connectivity index (χ1v) is 6.89. The molecule has 1 heterocycles. The van der Waals surface area contributed by atoms with E-state index in [4.69, 9.17) is 0 Å². The second-order valence-electron chi connectivity index (χ2n) is 5.42. The first-order valence-electron chi connectivity index (χ1n) is 6.89. The molecule has 1 aliphatic rings. The number of carbonyl (C=O) groups is 1. The van der Waals surface area contributed by atoms with E-state index in [-0.39, 0.29) is 12.5 Å². The van der Waals surface area contributed by atoms with Crippen LogP contribution >= 0.6 is 0 Å². The van der Waals surface area contributed by atoms with Gasteiger partial charge in [0.1, 0.15) is 6.54 Å². The largest absolute Gasteiger partial charge is 0.406 e. The topological polar surface area (TPSA) is 32.3 Å². The monoisotopic (exact) mass is 280 g/mol. The molecule has 0 aromatic heterocycles. The van der Waals surface area contributed by atoms with Gasteiger partial charge >= 0.3 is 6.18 Å². The quantitative estimate of drug-likeness (QED) is 0.840. The zero-order valence-corrected chi connectivity index (χ0v) is 11.6. The summed E-state index contributed by atoms with van der Waals surface area (Å²) in [5.41, 5.74) is 0. The molecule has 112 valence electrons. The molecule has 0 aromatic rings. The SMILES string of the molecule is CC(C)N(CC(F)(F)F)C(=O)CCC1CCCCN1. The molecule has 3 nitrogen and oxygen atoms in total. The van der Waals surface area contributed by atoms with Crippen molar-refractivity contribution in [2.24, 2.45) is 0 Å². The molecule has 0 saturated carbocycles. The van der Waals surface area contributed by atoms with Crippen molar-refractivity contribution >= 4 is 5.91 Å². The average Bonchev–Trinajstić information content (AvgIpc) is 2.33. The van der Waals surface area contributed by atoms with E-state index < -0.39 is 24.7 Å². The minimum atomic E-state index is -4.33. The van der Waals surface area contributed by atoms with Crippen LogP contribution in [-0.4, -0.2) is 42.2 Å². The van der Waals surface area contributed by atoms with Crippen molar-refractivity contribution in [3.05, 3.63) is 0 Å². The fourth-order valence-corrected chi connectivity index (χ4v) is 2.36. The Morgan fingerprint density at radius 3 is 2.53 bits per heavy atom. The molecule has 1 saturated heterocycles. The van der Waals surface area contributed by atoms with E-state index in [0.29, 0.717) is 6.42 Å². The number of carbonyl (C=O) groups excluding carboxylic acids is 1. The zero-order valence-electron chi connectivity index (χ0n) is 11.6. The number of nitrogens with zero attached hydrogens (tertiary/aromatic N) is 1. The van der Waals surface area contributed by atoms with Crippen LogP contribution in [0, 0.1) is 0 Å². The van der Waals surface area contributed by atoms with Gasteiger partial charge in [0.25, 0.3) is 0 Å². The number of hydrogen-bond donors (Lipinski definition) is 1. The van der Waals surface area contributed by atoms with E-state index in [9.17, 15) is 18.0 Å². The van der Waals surface area contributed by atoms with E-state index in [0.717, 1.165) is 30.7 Å². The van der Waals surface area contributed by atoms with Crippen LogP contribution in [0.1, 0.15) is 46.0 Å². The molecule has 1 rings (SSSR count). The molecule has 1 fully saturated rings. The second kappa shape index (κ2) is 7.12. The van der Waals surface area contributed by atoms with Gasteiger partial charge in [0.15, 0.2) is 0 Å². The van der Waals surface area contributed by atoms with Gasteiger partial charge in [-0.1, -0.05) is 6.42 Å². The minimum absolute atomic E-state index is 0.186. The summed E-state index contributed by atoms with van der Waals surface area (Å²) in [4.78, 5) is 12.8. The summed E-state index contributed by atoms with van der Waals surface area (Å²) in [6.07, 6.45) is -0.248. The highest BCUT2D eigenvalue weighted by molar-refractivity contribution is 5.76. The number of nitrogens with one attached hydrogen (secondary N) is 1. The summed E-state index contributed by atoms with van der Waals surface area (Å²) in [5.74, 6) is -0.403. The van der Waals surface area contributed by atoms with Crippen LogP contribution in [0.3, 0.4) is 0 Å². The van der Waals surface area contributed by atoms with Crippen molar-refractivity contribution in [3.63, 3.8) is 0 Å². The molecule has 0 spiro atoms. The highest BCUT2D eigenvalue weighted by atomic mass is 19.4. The third-order valence-corrected chi connectivity index (χ3v) is 3.41. The molecule has 0 aliphatic carbocycles. The summed E-state index contributed by atoms with van der Waals surface area (Å²) in [5, 5.41) is 3.30. The highest BCUT2D eigenvalue weighted by Crippen LogP contribution is 2.20. The predicted molar refractivity (Wildman–Crippen MR) is 67.8 cm³/mol. The third-order valence-electron chi connectivity index (χ3n) is 3.41. The number of amides is 1. The first kappa shape index (κ1) is 16.3. The summed E-state index contributed by atoms with van der Waals surface area (Å²) in [7, 11) is 0. The van der Waals surface area contributed by atoms with Crippen molar-refractivity contribution in [1.29, 1.82) is 0 Å². The normalized spacial score (nSPS) is 20.6. The lowest BCUT2D eigenvalue weighted by Gasteiger charge is -2.29. The molecular formula is C13H23F3N2O. The number of rotatable bonds is 5. The molecule has 1 N–H and O–H groups in total. The lowest BCUT2D eigenvalue weighted by molar-refractivity contribution is -0.164. The number of halogens is 3. The Hall–Kier alpha value is -0.780. The van der Waals surface area contributed by atoms with Crippen molar-refractivity contribution in [3.8, 4) is 0 Å². The van der Waals surface area contributed by atoms with Gasteiger partial charge in [-0.15, -0.1) is 0 Å². The fraction of sp³-hybridized carbons (Fsp3) is 0.923. The van der Waals surface area contributed by atoms with Gasteiger partial charge in [-0.3, -0.25) is 4.79 Å². The highest BCUT2D eigenvalue weighted by Gasteiger charge is 2.34. The van der Waals surface area contributed by atoms with E-state index in [1.165, 1.54) is 0 Å². The van der Waals surface area contributed by atoms with Gasteiger partial charge in [-0.25, -0.2) is 0 Å². The Labute approximate surface area is 112 Å². The summed E-state index contributed by atoms with van der Waals surface area (Å²) >= 11 is 0. The molecular weight excluding hydrogens is 257 g/mol. The molecule has 0 aromatic carbocycles. The van der Waals surface area contributed by atoms with Crippen molar-refractivity contribution in [2.75, 3.05) is 13.1 Å². The van der Waals surface area contributed by atoms with Crippen LogP contribution in [0.5, 0.6) is 0 Å². The second-order valence-corrected chi connectivity index (χ2v) is 5.42. The third kappa shape index (κ3) is 6.27. The Morgan fingerprint density at radius 1 is 1.37 bits per heavy atom. The zero-order chi connectivity index (χ0) is 14.5. The molecule has 1 aliphatic heterocycles. The summed E-state index contributed by atoms with van der Waals surface area (Å²) in [6.45, 7) is 3.02. The summed E-state index contributed by atoms with van der Waals surface area (Å²) in [6, 6.07) is -0.147. The number of alkyl halides is 3. The lowest BCUT2D eigenvalue weighted by Crippen LogP contribution is -2.44. The van der Waals surface area contributed by atoms with Crippen molar-refractivity contribution in [1.82, 2.24) is 10.2 Å². The minimum Gasteiger partial charge on any atom is -0.331 e. The molecule has 1 amide bonds. The molecule has 19 heavy (non-hydrogen) atoms. The molecule has 1 unspecified atom stereocenters. The van der Waals surface area contributed by atoms with Crippen LogP contribution in [-0.2, 0) is 4.79 Å². The standard InChI is InChI=1S/C13H23F3N2O/c1-10(2)18(9-13(14,15)16)12(19)7-6-11-5-3-4-8-17-11/h10-11,17H,3-9H2,1-2H3. The van der Waals surface area contributed by atoms with Crippen LogP contribution in [0.25, 0.3) is 0 Å². The van der Waals surface area contributed by atoms with Crippen LogP contribution in [0.4, 0.5) is 13.2 Å². The van der Waals surface area contributed by atoms with E-state index in [2.05, 4.69) is 5.32 Å². The lowest BCUT2D eigenvalue weighted by atomic mass is 10.00. The van der Waals surface area contributed by atoms with E-state index >= 15 is 0 Å². The molecule has 1 atom stereocenters. The maximum atomic E-state index is 12.4. The van der Waals surface area contributed by atoms with Gasteiger partial charge in [0.05, 0.1) is 0 Å². The van der Waals surface area contributed by atoms with Crippen LogP contribution < -0.4 is 5.32 Å². The Balaban J connectivity index is 2.43. The van der Waals surface area contributed by atoms with Gasteiger partial charge < -0.3 is 10.2 Å². The number of piperidine rings is 1. The number of hydrogen-bond acceptors (Lipinski definition) is 2. The maximum absolute atomic E-state index is 12.4. The van der Waals surface area contributed by atoms with Crippen LogP contribution in [0.2, 0.25) is 0 Å². The Morgan fingerprint density at radius 2 is 2.05 bits per heavy atom. The van der Waals surface area contributed by atoms with Gasteiger partial charge in [-0.2, -0.15) is 13.2 Å². The van der Waals surface area contributed by atoms with Crippen molar-refractivity contribution in [2.45, 2.75) is 64.2 Å². The molecule has 0 bridgehead atoms. The van der Waals surface area contributed by atoms with Gasteiger partial charge in [-0.05, 0) is 39.7 Å². The smallest absolute Gasteiger partial charge is 0.331 e. The van der Waals surface area contributed by atoms with Gasteiger partial charge in [0, 0.05) is 18.5 Å². The molecule has 6 heteroatoms. The van der Waals surface area contributed by atoms with Crippen molar-refractivity contribution < 1.29 is 18.0 Å². The van der Waals surface area contributed by atoms with Gasteiger partial charge in [0.2, 0.25) is 5.91 Å². The van der Waals surface area contributed by atoms with Crippen LogP contribution in [0.15, 0.2) is 0 Å². The summed E-state index contributed by atoms with van der Waals surface area (Å²) < 4.78 is 37.2. The fourth-order valence-electron chi connectivity index (χ4n) is 2.36. The van der Waals surface area contributed by atoms with E-state index in [1.807, 2.05) is 0 Å². The average molecular weight is 280 g/mol.